The lowest BCUT2D eigenvalue weighted by Crippen LogP contribution is -2.16. The van der Waals surface area contributed by atoms with Crippen LogP contribution in [0, 0.1) is 13.8 Å². The summed E-state index contributed by atoms with van der Waals surface area (Å²) in [6.45, 7) is 6.52. The van der Waals surface area contributed by atoms with Gasteiger partial charge in [0, 0.05) is 35.1 Å². The van der Waals surface area contributed by atoms with E-state index >= 15 is 0 Å². The maximum atomic E-state index is 11.8. The van der Waals surface area contributed by atoms with Crippen LogP contribution in [0.4, 0.5) is 5.69 Å². The zero-order valence-electron chi connectivity index (χ0n) is 14.0. The van der Waals surface area contributed by atoms with E-state index in [1.807, 2.05) is 25.5 Å². The highest BCUT2D eigenvalue weighted by molar-refractivity contribution is 6.00. The van der Waals surface area contributed by atoms with Crippen molar-refractivity contribution in [2.45, 2.75) is 27.3 Å². The Morgan fingerprint density at radius 2 is 2.17 bits per heavy atom. The molecule has 0 saturated heterocycles. The summed E-state index contributed by atoms with van der Waals surface area (Å²) in [6, 6.07) is 5.28. The van der Waals surface area contributed by atoms with E-state index in [1.165, 1.54) is 6.08 Å². The van der Waals surface area contributed by atoms with Crippen molar-refractivity contribution in [3.05, 3.63) is 52.9 Å². The van der Waals surface area contributed by atoms with Gasteiger partial charge < -0.3 is 16.3 Å². The number of benzene rings is 1. The highest BCUT2D eigenvalue weighted by atomic mass is 16.7. The number of hydrogen-bond donors (Lipinski definition) is 2. The van der Waals surface area contributed by atoms with Gasteiger partial charge in [0.2, 0.25) is 0 Å². The van der Waals surface area contributed by atoms with Crippen LogP contribution in [-0.4, -0.2) is 21.6 Å². The number of hydrogen-bond acceptors (Lipinski definition) is 5. The van der Waals surface area contributed by atoms with Gasteiger partial charge in [-0.1, -0.05) is 17.3 Å². The SMILES string of the molecule is CCn1ncc(/C=C/C(=O)O/N=C(\N)c2cccc(N)c2C)c1C. The first-order valence-electron chi connectivity index (χ1n) is 7.54. The summed E-state index contributed by atoms with van der Waals surface area (Å²) in [5.74, 6) is -0.528. The first kappa shape index (κ1) is 17.3. The van der Waals surface area contributed by atoms with Gasteiger partial charge in [0.25, 0.3) is 0 Å². The number of aryl methyl sites for hydroxylation is 1. The molecule has 0 fully saturated rings. The van der Waals surface area contributed by atoms with Crippen molar-refractivity contribution in [1.82, 2.24) is 9.78 Å². The molecule has 24 heavy (non-hydrogen) atoms. The first-order chi connectivity index (χ1) is 11.4. The number of anilines is 1. The largest absolute Gasteiger partial charge is 0.398 e. The molecule has 0 aliphatic rings. The van der Waals surface area contributed by atoms with Crippen LogP contribution in [-0.2, 0) is 16.2 Å². The Morgan fingerprint density at radius 1 is 1.42 bits per heavy atom. The molecule has 0 spiro atoms. The van der Waals surface area contributed by atoms with Crippen LogP contribution in [0.1, 0.15) is 29.3 Å². The van der Waals surface area contributed by atoms with Crippen molar-refractivity contribution in [1.29, 1.82) is 0 Å². The average molecular weight is 327 g/mol. The predicted octanol–water partition coefficient (Wildman–Crippen LogP) is 1.98. The molecular formula is C17H21N5O2. The minimum atomic E-state index is -0.622. The van der Waals surface area contributed by atoms with Crippen molar-refractivity contribution in [2.24, 2.45) is 10.9 Å². The lowest BCUT2D eigenvalue weighted by Gasteiger charge is -2.06. The molecule has 0 atom stereocenters. The van der Waals surface area contributed by atoms with Gasteiger partial charge in [0.05, 0.1) is 6.20 Å². The second kappa shape index (κ2) is 7.45. The molecule has 0 aliphatic heterocycles. The standard InChI is InChI=1S/C17H21N5O2/c1-4-22-12(3)13(10-20-22)8-9-16(23)24-21-17(19)14-6-5-7-15(18)11(14)2/h5-10H,4,18H2,1-3H3,(H2,19,21)/b9-8+. The van der Waals surface area contributed by atoms with Gasteiger partial charge in [0.1, 0.15) is 0 Å². The van der Waals surface area contributed by atoms with Gasteiger partial charge in [-0.25, -0.2) is 4.79 Å². The number of nitrogen functional groups attached to an aromatic ring is 1. The van der Waals surface area contributed by atoms with Crippen LogP contribution in [0.5, 0.6) is 0 Å². The van der Waals surface area contributed by atoms with E-state index in [0.29, 0.717) is 11.3 Å². The molecule has 4 N–H and O–H groups in total. The number of carbonyl (C=O) groups excluding carboxylic acids is 1. The van der Waals surface area contributed by atoms with E-state index in [2.05, 4.69) is 10.3 Å². The lowest BCUT2D eigenvalue weighted by atomic mass is 10.1. The quantitative estimate of drug-likeness (QED) is 0.218. The lowest BCUT2D eigenvalue weighted by molar-refractivity contribution is -0.137. The maximum Gasteiger partial charge on any atom is 0.358 e. The third-order valence-corrected chi connectivity index (χ3v) is 3.73. The van der Waals surface area contributed by atoms with Crippen LogP contribution in [0.2, 0.25) is 0 Å². The van der Waals surface area contributed by atoms with Gasteiger partial charge in [-0.2, -0.15) is 5.10 Å². The van der Waals surface area contributed by atoms with Crippen molar-refractivity contribution in [2.75, 3.05) is 5.73 Å². The molecule has 1 aromatic carbocycles. The number of carbonyl (C=O) groups is 1. The van der Waals surface area contributed by atoms with Gasteiger partial charge >= 0.3 is 5.97 Å². The molecular weight excluding hydrogens is 306 g/mol. The normalized spacial score (nSPS) is 11.9. The fraction of sp³-hybridized carbons (Fsp3) is 0.235. The van der Waals surface area contributed by atoms with Crippen LogP contribution >= 0.6 is 0 Å². The Bertz CT molecular complexity index is 805. The summed E-state index contributed by atoms with van der Waals surface area (Å²) < 4.78 is 1.84. The monoisotopic (exact) mass is 327 g/mol. The zero-order chi connectivity index (χ0) is 17.7. The van der Waals surface area contributed by atoms with Gasteiger partial charge in [-0.15, -0.1) is 0 Å². The Kier molecular flexibility index (Phi) is 5.36. The van der Waals surface area contributed by atoms with Crippen LogP contribution in [0.15, 0.2) is 35.6 Å². The Balaban J connectivity index is 2.05. The summed E-state index contributed by atoms with van der Waals surface area (Å²) in [7, 11) is 0. The van der Waals surface area contributed by atoms with Crippen LogP contribution in [0.3, 0.4) is 0 Å². The molecule has 7 heteroatoms. The molecule has 0 saturated carbocycles. The average Bonchev–Trinajstić information content (AvgIpc) is 2.93. The zero-order valence-corrected chi connectivity index (χ0v) is 14.0. The molecule has 7 nitrogen and oxygen atoms in total. The molecule has 1 aromatic heterocycles. The van der Waals surface area contributed by atoms with E-state index in [4.69, 9.17) is 16.3 Å². The van der Waals surface area contributed by atoms with Crippen molar-refractivity contribution in [3.8, 4) is 0 Å². The highest BCUT2D eigenvalue weighted by Crippen LogP contribution is 2.15. The van der Waals surface area contributed by atoms with Crippen molar-refractivity contribution < 1.29 is 9.63 Å². The summed E-state index contributed by atoms with van der Waals surface area (Å²) in [5.41, 5.74) is 15.5. The minimum Gasteiger partial charge on any atom is -0.398 e. The molecule has 0 bridgehead atoms. The topological polar surface area (TPSA) is 109 Å². The van der Waals surface area contributed by atoms with Crippen LogP contribution in [0.25, 0.3) is 6.08 Å². The van der Waals surface area contributed by atoms with Gasteiger partial charge in [0.15, 0.2) is 5.84 Å². The number of aromatic nitrogens is 2. The second-order valence-corrected chi connectivity index (χ2v) is 5.24. The second-order valence-electron chi connectivity index (χ2n) is 5.24. The summed E-state index contributed by atoms with van der Waals surface area (Å²) in [4.78, 5) is 16.6. The molecule has 2 aromatic rings. The molecule has 0 aliphatic carbocycles. The third kappa shape index (κ3) is 3.81. The fourth-order valence-electron chi connectivity index (χ4n) is 2.21. The minimum absolute atomic E-state index is 0.0940. The molecule has 0 radical (unpaired) electrons. The fourth-order valence-corrected chi connectivity index (χ4v) is 2.21. The smallest absolute Gasteiger partial charge is 0.358 e. The number of rotatable bonds is 5. The summed E-state index contributed by atoms with van der Waals surface area (Å²) in [5, 5.41) is 7.87. The number of oxime groups is 1. The Labute approximate surface area is 140 Å². The summed E-state index contributed by atoms with van der Waals surface area (Å²) in [6.07, 6.45) is 4.61. The molecule has 2 rings (SSSR count). The molecule has 126 valence electrons. The molecule has 0 amide bonds. The van der Waals surface area contributed by atoms with E-state index in [-0.39, 0.29) is 5.84 Å². The Hall–Kier alpha value is -3.09. The van der Waals surface area contributed by atoms with E-state index in [0.717, 1.165) is 23.4 Å². The van der Waals surface area contributed by atoms with E-state index in [1.54, 1.807) is 30.5 Å². The maximum absolute atomic E-state index is 11.8. The Morgan fingerprint density at radius 3 is 2.83 bits per heavy atom. The summed E-state index contributed by atoms with van der Waals surface area (Å²) >= 11 is 0. The highest BCUT2D eigenvalue weighted by Gasteiger charge is 2.07. The van der Waals surface area contributed by atoms with Crippen molar-refractivity contribution >= 4 is 23.6 Å². The number of amidine groups is 1. The van der Waals surface area contributed by atoms with Crippen molar-refractivity contribution in [3.63, 3.8) is 0 Å². The molecule has 0 unspecified atom stereocenters. The number of nitrogens with two attached hydrogens (primary N) is 2. The van der Waals surface area contributed by atoms with Gasteiger partial charge in [-0.3, -0.25) is 4.68 Å². The third-order valence-electron chi connectivity index (χ3n) is 3.73. The van der Waals surface area contributed by atoms with Crippen LogP contribution < -0.4 is 11.5 Å². The molecule has 1 heterocycles. The van der Waals surface area contributed by atoms with E-state index in [9.17, 15) is 4.79 Å². The number of nitrogens with zero attached hydrogens (tertiary/aromatic N) is 3. The predicted molar refractivity (Wildman–Crippen MR) is 94.1 cm³/mol. The first-order valence-corrected chi connectivity index (χ1v) is 7.54. The van der Waals surface area contributed by atoms with Gasteiger partial charge in [-0.05, 0) is 38.5 Å². The van der Waals surface area contributed by atoms with E-state index < -0.39 is 5.97 Å².